The molecule has 0 fully saturated rings. The lowest BCUT2D eigenvalue weighted by atomic mass is 10.0. The fourth-order valence-corrected chi connectivity index (χ4v) is 2.35. The van der Waals surface area contributed by atoms with Gasteiger partial charge in [-0.3, -0.25) is 4.79 Å². The molecule has 0 aromatic heterocycles. The largest absolute Gasteiger partial charge is 0.312 e. The monoisotopic (exact) mass is 267 g/mol. The summed E-state index contributed by atoms with van der Waals surface area (Å²) in [6.07, 6.45) is 2.72. The van der Waals surface area contributed by atoms with E-state index in [1.54, 1.807) is 0 Å². The molecule has 1 aromatic rings. The number of nitrogens with zero attached hydrogens (tertiary/aromatic N) is 1. The summed E-state index contributed by atoms with van der Waals surface area (Å²) in [6, 6.07) is 6.19. The second kappa shape index (κ2) is 4.35. The molecular formula is C12H14BrNO. The van der Waals surface area contributed by atoms with Gasteiger partial charge < -0.3 is 4.90 Å². The summed E-state index contributed by atoms with van der Waals surface area (Å²) in [4.78, 5) is 13.7. The molecule has 0 saturated carbocycles. The van der Waals surface area contributed by atoms with Crippen molar-refractivity contribution in [3.8, 4) is 0 Å². The van der Waals surface area contributed by atoms with Gasteiger partial charge in [0.2, 0.25) is 5.91 Å². The first-order valence-electron chi connectivity index (χ1n) is 5.31. The number of carbonyl (C=O) groups excluding carboxylic acids is 1. The molecule has 1 heterocycles. The molecule has 80 valence electrons. The molecule has 0 spiro atoms. The average molecular weight is 268 g/mol. The van der Waals surface area contributed by atoms with Crippen molar-refractivity contribution in [2.45, 2.75) is 26.2 Å². The zero-order valence-electron chi connectivity index (χ0n) is 8.79. The van der Waals surface area contributed by atoms with Crippen molar-refractivity contribution in [2.75, 3.05) is 11.4 Å². The van der Waals surface area contributed by atoms with Gasteiger partial charge in [0, 0.05) is 23.1 Å². The lowest BCUT2D eigenvalue weighted by Gasteiger charge is -2.29. The molecule has 15 heavy (non-hydrogen) atoms. The van der Waals surface area contributed by atoms with Gasteiger partial charge in [0.1, 0.15) is 0 Å². The van der Waals surface area contributed by atoms with Crippen molar-refractivity contribution in [1.29, 1.82) is 0 Å². The standard InChI is InChI=1S/C12H14BrNO/c1-2-12(15)14-7-3-4-9-5-6-10(13)8-11(9)14/h5-6,8H,2-4,7H2,1H3. The molecule has 0 N–H and O–H groups in total. The van der Waals surface area contributed by atoms with Crippen LogP contribution in [0.1, 0.15) is 25.3 Å². The van der Waals surface area contributed by atoms with Crippen LogP contribution in [-0.2, 0) is 11.2 Å². The minimum atomic E-state index is 0.217. The van der Waals surface area contributed by atoms with E-state index in [-0.39, 0.29) is 5.91 Å². The molecule has 3 heteroatoms. The summed E-state index contributed by atoms with van der Waals surface area (Å²) in [6.45, 7) is 2.77. The summed E-state index contributed by atoms with van der Waals surface area (Å²) < 4.78 is 1.04. The summed E-state index contributed by atoms with van der Waals surface area (Å²) in [5, 5.41) is 0. The number of halogens is 1. The molecule has 0 saturated heterocycles. The molecule has 0 atom stereocenters. The maximum atomic E-state index is 11.8. The molecule has 0 unspecified atom stereocenters. The lowest BCUT2D eigenvalue weighted by Crippen LogP contribution is -2.34. The quantitative estimate of drug-likeness (QED) is 0.766. The maximum absolute atomic E-state index is 11.8. The minimum Gasteiger partial charge on any atom is -0.312 e. The number of hydrogen-bond donors (Lipinski definition) is 0. The van der Waals surface area contributed by atoms with Crippen molar-refractivity contribution in [1.82, 2.24) is 0 Å². The first kappa shape index (κ1) is 10.7. The van der Waals surface area contributed by atoms with Crippen molar-refractivity contribution in [2.24, 2.45) is 0 Å². The number of carbonyl (C=O) groups is 1. The van der Waals surface area contributed by atoms with E-state index < -0.39 is 0 Å². The van der Waals surface area contributed by atoms with E-state index in [0.717, 1.165) is 29.5 Å². The predicted molar refractivity (Wildman–Crippen MR) is 65.1 cm³/mol. The highest BCUT2D eigenvalue weighted by molar-refractivity contribution is 9.10. The Labute approximate surface area is 98.4 Å². The Balaban J connectivity index is 2.40. The van der Waals surface area contributed by atoms with Crippen LogP contribution in [0.15, 0.2) is 22.7 Å². The van der Waals surface area contributed by atoms with E-state index in [1.807, 2.05) is 24.0 Å². The Morgan fingerprint density at radius 3 is 3.07 bits per heavy atom. The van der Waals surface area contributed by atoms with Crippen molar-refractivity contribution in [3.05, 3.63) is 28.2 Å². The number of hydrogen-bond acceptors (Lipinski definition) is 1. The molecule has 0 aliphatic carbocycles. The summed E-state index contributed by atoms with van der Waals surface area (Å²) in [7, 11) is 0. The van der Waals surface area contributed by atoms with Crippen LogP contribution in [0.25, 0.3) is 0 Å². The molecule has 2 rings (SSSR count). The molecule has 2 nitrogen and oxygen atoms in total. The van der Waals surface area contributed by atoms with E-state index in [0.29, 0.717) is 6.42 Å². The Hall–Kier alpha value is -0.830. The zero-order valence-corrected chi connectivity index (χ0v) is 10.4. The van der Waals surface area contributed by atoms with Gasteiger partial charge in [0.05, 0.1) is 0 Å². The van der Waals surface area contributed by atoms with Crippen LogP contribution in [0.5, 0.6) is 0 Å². The third-order valence-electron chi connectivity index (χ3n) is 2.77. The molecule has 0 radical (unpaired) electrons. The van der Waals surface area contributed by atoms with Gasteiger partial charge in [-0.05, 0) is 30.5 Å². The van der Waals surface area contributed by atoms with Crippen molar-refractivity contribution in [3.63, 3.8) is 0 Å². The number of fused-ring (bicyclic) bond motifs is 1. The van der Waals surface area contributed by atoms with E-state index in [9.17, 15) is 4.79 Å². The van der Waals surface area contributed by atoms with E-state index >= 15 is 0 Å². The first-order valence-corrected chi connectivity index (χ1v) is 6.10. The normalized spacial score (nSPS) is 14.9. The van der Waals surface area contributed by atoms with Crippen LogP contribution in [0.2, 0.25) is 0 Å². The number of rotatable bonds is 1. The van der Waals surface area contributed by atoms with Crippen molar-refractivity contribution >= 4 is 27.5 Å². The number of aryl methyl sites for hydroxylation is 1. The van der Waals surface area contributed by atoms with E-state index in [4.69, 9.17) is 0 Å². The van der Waals surface area contributed by atoms with Gasteiger partial charge in [0.15, 0.2) is 0 Å². The van der Waals surface area contributed by atoms with Crippen LogP contribution in [-0.4, -0.2) is 12.5 Å². The second-order valence-corrected chi connectivity index (χ2v) is 4.69. The van der Waals surface area contributed by atoms with Gasteiger partial charge >= 0.3 is 0 Å². The molecule has 1 aliphatic heterocycles. The Morgan fingerprint density at radius 2 is 2.33 bits per heavy atom. The SMILES string of the molecule is CCC(=O)N1CCCc2ccc(Br)cc21. The third-order valence-corrected chi connectivity index (χ3v) is 3.26. The third kappa shape index (κ3) is 2.07. The highest BCUT2D eigenvalue weighted by Crippen LogP contribution is 2.30. The van der Waals surface area contributed by atoms with Gasteiger partial charge in [-0.2, -0.15) is 0 Å². The average Bonchev–Trinajstić information content (AvgIpc) is 2.27. The topological polar surface area (TPSA) is 20.3 Å². The molecular weight excluding hydrogens is 254 g/mol. The highest BCUT2D eigenvalue weighted by atomic mass is 79.9. The van der Waals surface area contributed by atoms with Gasteiger partial charge in [-0.1, -0.05) is 28.9 Å². The maximum Gasteiger partial charge on any atom is 0.226 e. The number of benzene rings is 1. The fourth-order valence-electron chi connectivity index (χ4n) is 2.00. The molecule has 0 bridgehead atoms. The van der Waals surface area contributed by atoms with E-state index in [1.165, 1.54) is 5.56 Å². The Bertz CT molecular complexity index is 389. The van der Waals surface area contributed by atoms with Crippen LogP contribution in [0, 0.1) is 0 Å². The van der Waals surface area contributed by atoms with Gasteiger partial charge in [-0.15, -0.1) is 0 Å². The van der Waals surface area contributed by atoms with Crippen LogP contribution >= 0.6 is 15.9 Å². The number of anilines is 1. The minimum absolute atomic E-state index is 0.217. The van der Waals surface area contributed by atoms with Gasteiger partial charge in [-0.25, -0.2) is 0 Å². The molecule has 1 aromatic carbocycles. The Morgan fingerprint density at radius 1 is 1.53 bits per heavy atom. The number of amides is 1. The smallest absolute Gasteiger partial charge is 0.226 e. The second-order valence-electron chi connectivity index (χ2n) is 3.78. The zero-order chi connectivity index (χ0) is 10.8. The van der Waals surface area contributed by atoms with Crippen LogP contribution in [0.4, 0.5) is 5.69 Å². The van der Waals surface area contributed by atoms with Gasteiger partial charge in [0.25, 0.3) is 0 Å². The predicted octanol–water partition coefficient (Wildman–Crippen LogP) is 3.14. The summed E-state index contributed by atoms with van der Waals surface area (Å²) >= 11 is 3.45. The highest BCUT2D eigenvalue weighted by Gasteiger charge is 2.21. The summed E-state index contributed by atoms with van der Waals surface area (Å²) in [5.74, 6) is 0.217. The van der Waals surface area contributed by atoms with Crippen LogP contribution in [0.3, 0.4) is 0 Å². The fraction of sp³-hybridized carbons (Fsp3) is 0.417. The Kier molecular flexibility index (Phi) is 3.10. The van der Waals surface area contributed by atoms with E-state index in [2.05, 4.69) is 22.0 Å². The van der Waals surface area contributed by atoms with Crippen molar-refractivity contribution < 1.29 is 4.79 Å². The summed E-state index contributed by atoms with van der Waals surface area (Å²) in [5.41, 5.74) is 2.37. The first-order chi connectivity index (χ1) is 7.22. The molecule has 1 amide bonds. The van der Waals surface area contributed by atoms with Crippen LogP contribution < -0.4 is 4.90 Å². The molecule has 1 aliphatic rings. The lowest BCUT2D eigenvalue weighted by molar-refractivity contribution is -0.118.